The van der Waals surface area contributed by atoms with Crippen LogP contribution in [0, 0.1) is 0 Å². The van der Waals surface area contributed by atoms with Crippen LogP contribution in [0.15, 0.2) is 24.3 Å². The largest absolute Gasteiger partial charge is 0.365 e. The first-order chi connectivity index (χ1) is 7.18. The molecule has 6 heteroatoms. The molecule has 76 valence electrons. The Labute approximate surface area is 94.8 Å². The summed E-state index contributed by atoms with van der Waals surface area (Å²) in [4.78, 5) is 11.4. The lowest BCUT2D eigenvalue weighted by molar-refractivity contribution is 0.100. The van der Waals surface area contributed by atoms with Crippen LogP contribution in [0.4, 0.5) is 0 Å². The molecule has 0 atom stereocenters. The molecule has 0 saturated carbocycles. The lowest BCUT2D eigenvalue weighted by atomic mass is 10.1. The van der Waals surface area contributed by atoms with Gasteiger partial charge in [-0.15, -0.1) is 5.10 Å². The first kappa shape index (κ1) is 10.1. The van der Waals surface area contributed by atoms with E-state index in [1.165, 1.54) is 0 Å². The second-order valence-corrected chi connectivity index (χ2v) is 4.01. The van der Waals surface area contributed by atoms with E-state index in [-0.39, 0.29) is 0 Å². The number of nitrogens with zero attached hydrogens (tertiary/aromatic N) is 2. The van der Waals surface area contributed by atoms with E-state index >= 15 is 0 Å². The molecular formula is C9H6ClN3OS. The molecule has 1 aromatic heterocycles. The molecule has 0 aliphatic heterocycles. The predicted octanol–water partition coefficient (Wildman–Crippen LogP) is 1.96. The van der Waals surface area contributed by atoms with Gasteiger partial charge in [0, 0.05) is 10.6 Å². The van der Waals surface area contributed by atoms with E-state index in [0.29, 0.717) is 15.6 Å². The van der Waals surface area contributed by atoms with Gasteiger partial charge in [-0.25, -0.2) is 0 Å². The van der Waals surface area contributed by atoms with Crippen molar-refractivity contribution in [2.75, 3.05) is 0 Å². The average molecular weight is 240 g/mol. The maximum atomic E-state index is 11.0. The number of primary amides is 1. The molecule has 0 spiro atoms. The van der Waals surface area contributed by atoms with Crippen LogP contribution in [-0.2, 0) is 0 Å². The van der Waals surface area contributed by atoms with Crippen LogP contribution < -0.4 is 5.73 Å². The minimum atomic E-state index is -0.519. The standard InChI is InChI=1S/C9H6ClN3OS/c10-6-3-1-5(2-4-6)7-8(9(11)14)15-13-12-7/h1-4H,(H2,11,14). The van der Waals surface area contributed by atoms with Crippen molar-refractivity contribution in [3.63, 3.8) is 0 Å². The first-order valence-electron chi connectivity index (χ1n) is 4.06. The summed E-state index contributed by atoms with van der Waals surface area (Å²) in [5.41, 5.74) is 6.48. The second-order valence-electron chi connectivity index (χ2n) is 2.82. The molecule has 0 unspecified atom stereocenters. The van der Waals surface area contributed by atoms with Gasteiger partial charge in [0.15, 0.2) is 0 Å². The molecule has 1 heterocycles. The first-order valence-corrected chi connectivity index (χ1v) is 5.21. The molecule has 2 aromatic rings. The molecule has 1 amide bonds. The zero-order valence-corrected chi connectivity index (χ0v) is 9.05. The SMILES string of the molecule is NC(=O)c1snnc1-c1ccc(Cl)cc1. The molecule has 0 aliphatic carbocycles. The Morgan fingerprint density at radius 3 is 2.60 bits per heavy atom. The third-order valence-electron chi connectivity index (χ3n) is 1.83. The summed E-state index contributed by atoms with van der Waals surface area (Å²) in [6.07, 6.45) is 0. The molecule has 0 aliphatic rings. The van der Waals surface area contributed by atoms with Crippen LogP contribution in [0.1, 0.15) is 9.67 Å². The number of hydrogen-bond acceptors (Lipinski definition) is 4. The van der Waals surface area contributed by atoms with Crippen LogP contribution in [-0.4, -0.2) is 15.5 Å². The van der Waals surface area contributed by atoms with Gasteiger partial charge in [0.2, 0.25) is 0 Å². The minimum absolute atomic E-state index is 0.359. The summed E-state index contributed by atoms with van der Waals surface area (Å²) in [7, 11) is 0. The van der Waals surface area contributed by atoms with E-state index in [2.05, 4.69) is 9.59 Å². The number of halogens is 1. The van der Waals surface area contributed by atoms with E-state index in [9.17, 15) is 4.79 Å². The molecule has 0 saturated heterocycles. The zero-order chi connectivity index (χ0) is 10.8. The topological polar surface area (TPSA) is 68.9 Å². The third kappa shape index (κ3) is 1.98. The monoisotopic (exact) mass is 239 g/mol. The zero-order valence-electron chi connectivity index (χ0n) is 7.48. The van der Waals surface area contributed by atoms with Gasteiger partial charge in [-0.05, 0) is 23.7 Å². The fourth-order valence-electron chi connectivity index (χ4n) is 1.15. The average Bonchev–Trinajstić information content (AvgIpc) is 2.67. The fraction of sp³-hybridized carbons (Fsp3) is 0. The van der Waals surface area contributed by atoms with Gasteiger partial charge in [0.1, 0.15) is 10.6 Å². The Hall–Kier alpha value is -1.46. The number of benzene rings is 1. The Balaban J connectivity index is 2.49. The highest BCUT2D eigenvalue weighted by molar-refractivity contribution is 7.08. The van der Waals surface area contributed by atoms with Crippen molar-refractivity contribution in [2.24, 2.45) is 5.73 Å². The molecule has 1 aromatic carbocycles. The highest BCUT2D eigenvalue weighted by atomic mass is 35.5. The number of hydrogen-bond donors (Lipinski definition) is 1. The van der Waals surface area contributed by atoms with Gasteiger partial charge in [0.25, 0.3) is 5.91 Å². The molecule has 2 N–H and O–H groups in total. The Morgan fingerprint density at radius 1 is 1.33 bits per heavy atom. The lowest BCUT2D eigenvalue weighted by Gasteiger charge is -1.97. The quantitative estimate of drug-likeness (QED) is 0.871. The maximum Gasteiger partial charge on any atom is 0.262 e. The highest BCUT2D eigenvalue weighted by Crippen LogP contribution is 2.24. The van der Waals surface area contributed by atoms with Gasteiger partial charge in [0.05, 0.1) is 0 Å². The second kappa shape index (κ2) is 3.96. The van der Waals surface area contributed by atoms with Crippen LogP contribution in [0.2, 0.25) is 5.02 Å². The van der Waals surface area contributed by atoms with Gasteiger partial charge in [-0.1, -0.05) is 28.2 Å². The fourth-order valence-corrected chi connectivity index (χ4v) is 1.81. The number of carbonyl (C=O) groups is 1. The van der Waals surface area contributed by atoms with Crippen molar-refractivity contribution >= 4 is 29.0 Å². The number of rotatable bonds is 2. The van der Waals surface area contributed by atoms with Gasteiger partial charge >= 0.3 is 0 Å². The summed E-state index contributed by atoms with van der Waals surface area (Å²) >= 11 is 6.74. The number of nitrogens with two attached hydrogens (primary N) is 1. The summed E-state index contributed by atoms with van der Waals surface area (Å²) in [6.45, 7) is 0. The Morgan fingerprint density at radius 2 is 2.00 bits per heavy atom. The van der Waals surface area contributed by atoms with Gasteiger partial charge < -0.3 is 5.73 Å². The van der Waals surface area contributed by atoms with E-state index in [1.54, 1.807) is 24.3 Å². The molecule has 4 nitrogen and oxygen atoms in total. The van der Waals surface area contributed by atoms with Gasteiger partial charge in [-0.3, -0.25) is 4.79 Å². The van der Waals surface area contributed by atoms with Crippen molar-refractivity contribution in [1.29, 1.82) is 0 Å². The summed E-state index contributed by atoms with van der Waals surface area (Å²) in [5.74, 6) is -0.519. The Bertz CT molecular complexity index is 494. The van der Waals surface area contributed by atoms with Crippen LogP contribution in [0.5, 0.6) is 0 Å². The van der Waals surface area contributed by atoms with E-state index in [0.717, 1.165) is 17.1 Å². The number of aromatic nitrogens is 2. The van der Waals surface area contributed by atoms with Crippen molar-refractivity contribution in [3.05, 3.63) is 34.2 Å². The van der Waals surface area contributed by atoms with Gasteiger partial charge in [-0.2, -0.15) is 0 Å². The smallest absolute Gasteiger partial charge is 0.262 e. The summed E-state index contributed by atoms with van der Waals surface area (Å²) in [6, 6.07) is 6.99. The van der Waals surface area contributed by atoms with Crippen molar-refractivity contribution in [2.45, 2.75) is 0 Å². The van der Waals surface area contributed by atoms with Crippen LogP contribution >= 0.6 is 23.1 Å². The van der Waals surface area contributed by atoms with Crippen molar-refractivity contribution in [3.8, 4) is 11.3 Å². The number of carbonyl (C=O) groups excluding carboxylic acids is 1. The van der Waals surface area contributed by atoms with Crippen molar-refractivity contribution in [1.82, 2.24) is 9.59 Å². The van der Waals surface area contributed by atoms with E-state index in [1.807, 2.05) is 0 Å². The molecule has 0 fully saturated rings. The summed E-state index contributed by atoms with van der Waals surface area (Å²) in [5, 5.41) is 4.49. The van der Waals surface area contributed by atoms with E-state index < -0.39 is 5.91 Å². The molecule has 0 radical (unpaired) electrons. The van der Waals surface area contributed by atoms with Crippen molar-refractivity contribution < 1.29 is 4.79 Å². The van der Waals surface area contributed by atoms with Crippen LogP contribution in [0.25, 0.3) is 11.3 Å². The number of amides is 1. The lowest BCUT2D eigenvalue weighted by Crippen LogP contribution is -2.10. The van der Waals surface area contributed by atoms with E-state index in [4.69, 9.17) is 17.3 Å². The minimum Gasteiger partial charge on any atom is -0.365 e. The normalized spacial score (nSPS) is 10.2. The third-order valence-corrected chi connectivity index (χ3v) is 2.82. The predicted molar refractivity (Wildman–Crippen MR) is 58.9 cm³/mol. The van der Waals surface area contributed by atoms with Crippen LogP contribution in [0.3, 0.4) is 0 Å². The Kier molecular flexibility index (Phi) is 2.66. The highest BCUT2D eigenvalue weighted by Gasteiger charge is 2.14. The molecule has 2 rings (SSSR count). The molecule has 0 bridgehead atoms. The maximum absolute atomic E-state index is 11.0. The molecular weight excluding hydrogens is 234 g/mol. The molecule has 15 heavy (non-hydrogen) atoms. The summed E-state index contributed by atoms with van der Waals surface area (Å²) < 4.78 is 3.70.